The average Bonchev–Trinajstić information content (AvgIpc) is 1.57. The minimum atomic E-state index is -3.26. The molecule has 6 heteroatoms. The molecule has 1 saturated heterocycles. The van der Waals surface area contributed by atoms with Crippen LogP contribution in [0.5, 0.6) is 0 Å². The van der Waals surface area contributed by atoms with Crippen molar-refractivity contribution < 1.29 is 12.6 Å². The van der Waals surface area contributed by atoms with E-state index < -0.39 is 10.1 Å². The van der Waals surface area contributed by atoms with Gasteiger partial charge in [0.1, 0.15) is 6.10 Å². The summed E-state index contributed by atoms with van der Waals surface area (Å²) < 4.78 is 27.4. The number of hydrogen-bond acceptors (Lipinski definition) is 4. The third-order valence-electron chi connectivity index (χ3n) is 1.11. The normalized spacial score (nSPS) is 22.6. The SMILES string of the molecule is CS(=O)(=O)OC1CN(Br)C1. The van der Waals surface area contributed by atoms with Crippen LogP contribution in [0.2, 0.25) is 0 Å². The second-order valence-corrected chi connectivity index (χ2v) is 4.85. The molecule has 0 aromatic rings. The van der Waals surface area contributed by atoms with Gasteiger partial charge in [0.2, 0.25) is 0 Å². The van der Waals surface area contributed by atoms with Crippen molar-refractivity contribution in [3.05, 3.63) is 0 Å². The zero-order chi connectivity index (χ0) is 7.78. The maximum atomic E-state index is 10.5. The van der Waals surface area contributed by atoms with Crippen molar-refractivity contribution in [2.45, 2.75) is 6.10 Å². The Labute approximate surface area is 68.6 Å². The number of halogens is 1. The predicted molar refractivity (Wildman–Crippen MR) is 40.2 cm³/mol. The van der Waals surface area contributed by atoms with Crippen LogP contribution in [0.15, 0.2) is 0 Å². The van der Waals surface area contributed by atoms with Crippen molar-refractivity contribution in [1.82, 2.24) is 3.93 Å². The summed E-state index contributed by atoms with van der Waals surface area (Å²) in [6.07, 6.45) is 0.901. The Kier molecular flexibility index (Phi) is 2.34. The molecule has 10 heavy (non-hydrogen) atoms. The van der Waals surface area contributed by atoms with Gasteiger partial charge in [0.15, 0.2) is 0 Å². The van der Waals surface area contributed by atoms with Gasteiger partial charge >= 0.3 is 0 Å². The zero-order valence-corrected chi connectivity index (χ0v) is 7.85. The standard InChI is InChI=1S/C4H8BrNO3S/c1-10(7,8)9-4-2-6(5)3-4/h4H,2-3H2,1H3. The van der Waals surface area contributed by atoms with Crippen LogP contribution in [0.25, 0.3) is 0 Å². The molecule has 1 heterocycles. The molecule has 0 bridgehead atoms. The number of hydrogen-bond donors (Lipinski definition) is 0. The highest BCUT2D eigenvalue weighted by atomic mass is 79.9. The highest BCUT2D eigenvalue weighted by Crippen LogP contribution is 2.16. The molecule has 0 N–H and O–H groups in total. The smallest absolute Gasteiger partial charge is 0.264 e. The van der Waals surface area contributed by atoms with Crippen LogP contribution in [0, 0.1) is 0 Å². The Bertz CT molecular complexity index is 209. The van der Waals surface area contributed by atoms with Crippen LogP contribution in [0.3, 0.4) is 0 Å². The van der Waals surface area contributed by atoms with Gasteiger partial charge < -0.3 is 0 Å². The first-order valence-electron chi connectivity index (χ1n) is 2.76. The van der Waals surface area contributed by atoms with Gasteiger partial charge in [-0.3, -0.25) is 4.18 Å². The molecule has 1 fully saturated rings. The lowest BCUT2D eigenvalue weighted by Crippen LogP contribution is -2.47. The van der Waals surface area contributed by atoms with E-state index in [-0.39, 0.29) is 6.10 Å². The molecule has 60 valence electrons. The highest BCUT2D eigenvalue weighted by Gasteiger charge is 2.28. The Morgan fingerprint density at radius 3 is 2.40 bits per heavy atom. The summed E-state index contributed by atoms with van der Waals surface area (Å²) in [4.78, 5) is 0. The summed E-state index contributed by atoms with van der Waals surface area (Å²) in [5.74, 6) is 0. The second-order valence-electron chi connectivity index (χ2n) is 2.25. The first-order chi connectivity index (χ1) is 4.47. The fourth-order valence-corrected chi connectivity index (χ4v) is 1.96. The number of nitrogens with zero attached hydrogens (tertiary/aromatic N) is 1. The molecule has 0 amide bonds. The average molecular weight is 230 g/mol. The molecule has 4 nitrogen and oxygen atoms in total. The van der Waals surface area contributed by atoms with E-state index in [1.807, 2.05) is 3.93 Å². The Hall–Kier alpha value is 0.350. The quantitative estimate of drug-likeness (QED) is 0.493. The summed E-state index contributed by atoms with van der Waals surface area (Å²) in [6, 6.07) is 0. The zero-order valence-electron chi connectivity index (χ0n) is 5.45. The second kappa shape index (κ2) is 2.77. The van der Waals surface area contributed by atoms with E-state index in [0.717, 1.165) is 6.26 Å². The van der Waals surface area contributed by atoms with Crippen LogP contribution < -0.4 is 0 Å². The van der Waals surface area contributed by atoms with Crippen LogP contribution in [-0.4, -0.2) is 37.8 Å². The van der Waals surface area contributed by atoms with E-state index in [1.165, 1.54) is 0 Å². The third-order valence-corrected chi connectivity index (χ3v) is 2.32. The van der Waals surface area contributed by atoms with Gasteiger partial charge in [-0.25, -0.2) is 3.93 Å². The van der Waals surface area contributed by atoms with Crippen LogP contribution in [0.4, 0.5) is 0 Å². The lowest BCUT2D eigenvalue weighted by atomic mass is 10.2. The van der Waals surface area contributed by atoms with Crippen molar-refractivity contribution >= 4 is 26.3 Å². The predicted octanol–water partition coefficient (Wildman–Crippen LogP) is -0.0433. The lowest BCUT2D eigenvalue weighted by Gasteiger charge is -2.32. The largest absolute Gasteiger partial charge is 0.264 e. The molecule has 0 atom stereocenters. The van der Waals surface area contributed by atoms with E-state index in [9.17, 15) is 8.42 Å². The van der Waals surface area contributed by atoms with Crippen molar-refractivity contribution in [2.75, 3.05) is 19.3 Å². The molecule has 1 aliphatic heterocycles. The van der Waals surface area contributed by atoms with Gasteiger partial charge in [0.25, 0.3) is 10.1 Å². The molecule has 1 rings (SSSR count). The van der Waals surface area contributed by atoms with Gasteiger partial charge in [-0.15, -0.1) is 0 Å². The van der Waals surface area contributed by atoms with E-state index >= 15 is 0 Å². The monoisotopic (exact) mass is 229 g/mol. The molecule has 0 unspecified atom stereocenters. The van der Waals surface area contributed by atoms with Gasteiger partial charge in [-0.05, 0) is 0 Å². The summed E-state index contributed by atoms with van der Waals surface area (Å²) in [6.45, 7) is 1.26. The summed E-state index contributed by atoms with van der Waals surface area (Å²) in [5.41, 5.74) is 0. The van der Waals surface area contributed by atoms with Crippen LogP contribution in [-0.2, 0) is 14.3 Å². The fraction of sp³-hybridized carbons (Fsp3) is 1.00. The maximum absolute atomic E-state index is 10.5. The van der Waals surface area contributed by atoms with Crippen LogP contribution >= 0.6 is 16.1 Å². The molecular formula is C4H8BrNO3S. The Morgan fingerprint density at radius 2 is 2.10 bits per heavy atom. The fourth-order valence-electron chi connectivity index (χ4n) is 0.696. The molecule has 0 aliphatic carbocycles. The third kappa shape index (κ3) is 2.53. The Morgan fingerprint density at radius 1 is 1.60 bits per heavy atom. The summed E-state index contributed by atoms with van der Waals surface area (Å²) in [7, 11) is -3.26. The maximum Gasteiger partial charge on any atom is 0.264 e. The summed E-state index contributed by atoms with van der Waals surface area (Å²) in [5, 5.41) is 0. The number of rotatable bonds is 2. The lowest BCUT2D eigenvalue weighted by molar-refractivity contribution is 0.0958. The molecule has 1 aliphatic rings. The molecule has 0 aromatic heterocycles. The highest BCUT2D eigenvalue weighted by molar-refractivity contribution is 9.07. The topological polar surface area (TPSA) is 46.6 Å². The van der Waals surface area contributed by atoms with Gasteiger partial charge in [0, 0.05) is 29.2 Å². The minimum absolute atomic E-state index is 0.158. The minimum Gasteiger partial charge on any atom is -0.264 e. The van der Waals surface area contributed by atoms with Crippen molar-refractivity contribution in [3.63, 3.8) is 0 Å². The van der Waals surface area contributed by atoms with Crippen molar-refractivity contribution in [1.29, 1.82) is 0 Å². The van der Waals surface area contributed by atoms with Crippen LogP contribution in [0.1, 0.15) is 0 Å². The van der Waals surface area contributed by atoms with E-state index in [0.29, 0.717) is 13.1 Å². The van der Waals surface area contributed by atoms with E-state index in [1.54, 1.807) is 0 Å². The van der Waals surface area contributed by atoms with Crippen molar-refractivity contribution in [3.8, 4) is 0 Å². The van der Waals surface area contributed by atoms with E-state index in [4.69, 9.17) is 0 Å². The molecule has 0 radical (unpaired) electrons. The molecule has 0 aromatic carbocycles. The van der Waals surface area contributed by atoms with Crippen molar-refractivity contribution in [2.24, 2.45) is 0 Å². The molecular weight excluding hydrogens is 222 g/mol. The van der Waals surface area contributed by atoms with Gasteiger partial charge in [-0.2, -0.15) is 8.42 Å². The first-order valence-corrected chi connectivity index (χ1v) is 5.29. The molecule has 0 saturated carbocycles. The molecule has 0 spiro atoms. The summed E-state index contributed by atoms with van der Waals surface area (Å²) >= 11 is 3.17. The van der Waals surface area contributed by atoms with Gasteiger partial charge in [-0.1, -0.05) is 0 Å². The van der Waals surface area contributed by atoms with Gasteiger partial charge in [0.05, 0.1) is 6.26 Å². The van der Waals surface area contributed by atoms with E-state index in [2.05, 4.69) is 20.3 Å². The Balaban J connectivity index is 2.30. The first kappa shape index (κ1) is 8.45.